The van der Waals surface area contributed by atoms with E-state index in [2.05, 4.69) is 76.7 Å². The molecule has 0 bridgehead atoms. The molecule has 2 aromatic rings. The minimum absolute atomic E-state index is 0.242. The van der Waals surface area contributed by atoms with Crippen LogP contribution in [0.1, 0.15) is 29.5 Å². The maximum absolute atomic E-state index is 5.81. The lowest BCUT2D eigenvalue weighted by Gasteiger charge is -2.27. The van der Waals surface area contributed by atoms with E-state index in [0.717, 1.165) is 44.1 Å². The first kappa shape index (κ1) is 19.1. The summed E-state index contributed by atoms with van der Waals surface area (Å²) >= 11 is 0. The summed E-state index contributed by atoms with van der Waals surface area (Å²) in [4.78, 5) is 4.71. The maximum atomic E-state index is 5.81. The van der Waals surface area contributed by atoms with E-state index in [1.807, 2.05) is 13.0 Å². The van der Waals surface area contributed by atoms with Crippen LogP contribution >= 0.6 is 0 Å². The van der Waals surface area contributed by atoms with Crippen LogP contribution in [0.5, 0.6) is 0 Å². The van der Waals surface area contributed by atoms with Crippen molar-refractivity contribution in [2.45, 2.75) is 32.0 Å². The number of aryl methyl sites for hydroxylation is 1. The van der Waals surface area contributed by atoms with Gasteiger partial charge in [-0.15, -0.1) is 0 Å². The summed E-state index contributed by atoms with van der Waals surface area (Å²) in [6.45, 7) is 5.90. The average Bonchev–Trinajstić information content (AvgIpc) is 3.24. The van der Waals surface area contributed by atoms with Gasteiger partial charge < -0.3 is 9.32 Å². The van der Waals surface area contributed by atoms with Gasteiger partial charge in [0.25, 0.3) is 0 Å². The monoisotopic (exact) mass is 357 g/mol. The van der Waals surface area contributed by atoms with Gasteiger partial charge >= 0.3 is 0 Å². The number of furan rings is 1. The van der Waals surface area contributed by atoms with E-state index in [-0.39, 0.29) is 12.1 Å². The number of benzene rings is 1. The van der Waals surface area contributed by atoms with Crippen molar-refractivity contribution in [3.05, 3.63) is 59.5 Å². The Morgan fingerprint density at radius 3 is 2.50 bits per heavy atom. The molecule has 2 heterocycles. The van der Waals surface area contributed by atoms with E-state index < -0.39 is 0 Å². The van der Waals surface area contributed by atoms with E-state index >= 15 is 0 Å². The second kappa shape index (κ2) is 9.30. The molecule has 2 atom stereocenters. The molecular weight excluding hydrogens is 326 g/mol. The van der Waals surface area contributed by atoms with Gasteiger partial charge in [0.05, 0.1) is 18.6 Å². The lowest BCUT2D eigenvalue weighted by atomic mass is 10.0. The third-order valence-electron chi connectivity index (χ3n) is 4.76. The molecule has 26 heavy (non-hydrogen) atoms. The fourth-order valence-electron chi connectivity index (χ4n) is 3.44. The number of nitrogens with one attached hydrogen (secondary N) is 3. The van der Waals surface area contributed by atoms with Gasteiger partial charge in [-0.3, -0.25) is 4.90 Å². The first-order chi connectivity index (χ1) is 12.6. The molecule has 0 radical (unpaired) electrons. The maximum Gasteiger partial charge on any atom is 0.118 e. The molecule has 1 aromatic heterocycles. The van der Waals surface area contributed by atoms with Gasteiger partial charge in [0.15, 0.2) is 0 Å². The fraction of sp³-hybridized carbons (Fsp3) is 0.500. The molecule has 1 fully saturated rings. The molecule has 1 aliphatic heterocycles. The third kappa shape index (κ3) is 5.40. The number of hydrogen-bond donors (Lipinski definition) is 3. The molecule has 3 N–H and O–H groups in total. The Bertz CT molecular complexity index is 657. The third-order valence-corrected chi connectivity index (χ3v) is 4.76. The minimum atomic E-state index is 0.242. The van der Waals surface area contributed by atoms with Crippen LogP contribution in [-0.2, 0) is 6.54 Å². The topological polar surface area (TPSA) is 55.7 Å². The normalized spacial score (nSPS) is 20.3. The molecule has 6 heteroatoms. The predicted octanol–water partition coefficient (Wildman–Crippen LogP) is 2.06. The Kier molecular flexibility index (Phi) is 6.82. The van der Waals surface area contributed by atoms with E-state index in [9.17, 15) is 0 Å². The summed E-state index contributed by atoms with van der Waals surface area (Å²) < 4.78 is 5.81. The van der Waals surface area contributed by atoms with Crippen molar-refractivity contribution < 1.29 is 4.42 Å². The Morgan fingerprint density at radius 1 is 1.00 bits per heavy atom. The van der Waals surface area contributed by atoms with E-state index in [1.165, 1.54) is 5.56 Å². The highest BCUT2D eigenvalue weighted by atomic mass is 16.3. The molecule has 0 saturated carbocycles. The average molecular weight is 358 g/mol. The lowest BCUT2D eigenvalue weighted by molar-refractivity contribution is 0.204. The van der Waals surface area contributed by atoms with E-state index in [0.29, 0.717) is 0 Å². The Balaban J connectivity index is 1.65. The number of hydrazine groups is 2. The first-order valence-electron chi connectivity index (χ1n) is 9.35. The molecule has 2 unspecified atom stereocenters. The van der Waals surface area contributed by atoms with Crippen LogP contribution in [0.25, 0.3) is 0 Å². The zero-order valence-corrected chi connectivity index (χ0v) is 16.0. The summed E-state index contributed by atoms with van der Waals surface area (Å²) in [5, 5.41) is 0. The lowest BCUT2D eigenvalue weighted by Crippen LogP contribution is -2.42. The van der Waals surface area contributed by atoms with Crippen LogP contribution in [0.15, 0.2) is 46.9 Å². The number of hydrogen-bond acceptors (Lipinski definition) is 6. The second-order valence-corrected chi connectivity index (χ2v) is 7.31. The molecule has 3 rings (SSSR count). The smallest absolute Gasteiger partial charge is 0.118 e. The second-order valence-electron chi connectivity index (χ2n) is 7.31. The molecule has 6 nitrogen and oxygen atoms in total. The predicted molar refractivity (Wildman–Crippen MR) is 104 cm³/mol. The highest BCUT2D eigenvalue weighted by Crippen LogP contribution is 2.20. The SMILES string of the molecule is Cc1ccc(CN(CCCN(C)C)CC2NNNC2c2ccccc2)o1. The molecule has 0 amide bonds. The van der Waals surface area contributed by atoms with Gasteiger partial charge in [0, 0.05) is 6.54 Å². The summed E-state index contributed by atoms with van der Waals surface area (Å²) in [6, 6.07) is 15.2. The van der Waals surface area contributed by atoms with Crippen LogP contribution in [0, 0.1) is 6.92 Å². The van der Waals surface area contributed by atoms with Crippen molar-refractivity contribution in [3.63, 3.8) is 0 Å². The van der Waals surface area contributed by atoms with Crippen LogP contribution in [0.3, 0.4) is 0 Å². The van der Waals surface area contributed by atoms with Crippen molar-refractivity contribution >= 4 is 0 Å². The molecule has 1 aromatic carbocycles. The van der Waals surface area contributed by atoms with Crippen molar-refractivity contribution in [2.24, 2.45) is 0 Å². The molecule has 1 aliphatic rings. The van der Waals surface area contributed by atoms with E-state index in [1.54, 1.807) is 0 Å². The van der Waals surface area contributed by atoms with Crippen molar-refractivity contribution in [1.29, 1.82) is 0 Å². The summed E-state index contributed by atoms with van der Waals surface area (Å²) in [7, 11) is 4.25. The largest absolute Gasteiger partial charge is 0.465 e. The molecule has 142 valence electrons. The summed E-state index contributed by atoms with van der Waals surface area (Å²) in [6.07, 6.45) is 1.14. The molecular formula is C20H31N5O. The standard InChI is InChI=1S/C20H31N5O/c1-16-10-11-18(26-16)14-25(13-7-12-24(2)3)15-19-20(22-23-21-19)17-8-5-4-6-9-17/h4-6,8-11,19-23H,7,12-15H2,1-3H3. The van der Waals surface area contributed by atoms with Gasteiger partial charge in [-0.05, 0) is 58.2 Å². The Hall–Kier alpha value is -1.70. The van der Waals surface area contributed by atoms with E-state index in [4.69, 9.17) is 4.42 Å². The van der Waals surface area contributed by atoms with Crippen LogP contribution in [0.4, 0.5) is 0 Å². The molecule has 1 saturated heterocycles. The number of nitrogens with zero attached hydrogens (tertiary/aromatic N) is 2. The highest BCUT2D eigenvalue weighted by molar-refractivity contribution is 5.21. The zero-order valence-electron chi connectivity index (χ0n) is 16.0. The van der Waals surface area contributed by atoms with Gasteiger partial charge in [0.1, 0.15) is 11.5 Å². The minimum Gasteiger partial charge on any atom is -0.465 e. The van der Waals surface area contributed by atoms with Gasteiger partial charge in [-0.25, -0.2) is 10.9 Å². The van der Waals surface area contributed by atoms with Crippen LogP contribution < -0.4 is 16.4 Å². The van der Waals surface area contributed by atoms with Crippen molar-refractivity contribution in [1.82, 2.24) is 26.2 Å². The highest BCUT2D eigenvalue weighted by Gasteiger charge is 2.29. The molecule has 0 spiro atoms. The van der Waals surface area contributed by atoms with Gasteiger partial charge in [0.2, 0.25) is 0 Å². The summed E-state index contributed by atoms with van der Waals surface area (Å²) in [5.74, 6) is 2.00. The molecule has 0 aliphatic carbocycles. The van der Waals surface area contributed by atoms with Gasteiger partial charge in [-0.1, -0.05) is 30.3 Å². The van der Waals surface area contributed by atoms with Crippen molar-refractivity contribution in [2.75, 3.05) is 33.7 Å². The van der Waals surface area contributed by atoms with Crippen molar-refractivity contribution in [3.8, 4) is 0 Å². The Morgan fingerprint density at radius 2 is 1.81 bits per heavy atom. The summed E-state index contributed by atoms with van der Waals surface area (Å²) in [5.41, 5.74) is 11.1. The zero-order chi connectivity index (χ0) is 18.4. The first-order valence-corrected chi connectivity index (χ1v) is 9.35. The Labute approximate surface area is 156 Å². The van der Waals surface area contributed by atoms with Crippen LogP contribution in [-0.4, -0.2) is 49.6 Å². The fourth-order valence-corrected chi connectivity index (χ4v) is 3.44. The quantitative estimate of drug-likeness (QED) is 0.639. The van der Waals surface area contributed by atoms with Crippen LogP contribution in [0.2, 0.25) is 0 Å². The van der Waals surface area contributed by atoms with Gasteiger partial charge in [-0.2, -0.15) is 5.53 Å². The number of rotatable bonds is 9.